The number of hydrogen-bond donors (Lipinski definition) is 0. The Labute approximate surface area is 139 Å². The highest BCUT2D eigenvalue weighted by molar-refractivity contribution is 9.10. The van der Waals surface area contributed by atoms with Crippen LogP contribution in [-0.4, -0.2) is 19.0 Å². The summed E-state index contributed by atoms with van der Waals surface area (Å²) < 4.78 is 11.6. The van der Waals surface area contributed by atoms with Crippen LogP contribution in [0.3, 0.4) is 0 Å². The van der Waals surface area contributed by atoms with Gasteiger partial charge in [0.15, 0.2) is 17.3 Å². The van der Waals surface area contributed by atoms with Crippen molar-refractivity contribution in [1.29, 1.82) is 0 Å². The summed E-state index contributed by atoms with van der Waals surface area (Å²) in [6.45, 7) is 0.922. The third-order valence-electron chi connectivity index (χ3n) is 3.06. The Morgan fingerprint density at radius 1 is 1.00 bits per heavy atom. The van der Waals surface area contributed by atoms with E-state index in [1.807, 2.05) is 0 Å². The summed E-state index contributed by atoms with van der Waals surface area (Å²) in [5, 5.41) is 0.790. The molecule has 1 heterocycles. The molecule has 0 saturated heterocycles. The van der Waals surface area contributed by atoms with Gasteiger partial charge in [0.2, 0.25) is 0 Å². The average molecular weight is 388 g/mol. The summed E-state index contributed by atoms with van der Waals surface area (Å²) in [7, 11) is 0. The van der Waals surface area contributed by atoms with E-state index in [4.69, 9.17) is 32.7 Å². The zero-order valence-corrected chi connectivity index (χ0v) is 13.8. The van der Waals surface area contributed by atoms with E-state index < -0.39 is 0 Å². The van der Waals surface area contributed by atoms with Crippen molar-refractivity contribution >= 4 is 44.9 Å². The molecule has 0 unspecified atom stereocenters. The summed E-state index contributed by atoms with van der Waals surface area (Å²) in [5.41, 5.74) is 0.820. The molecule has 0 atom stereocenters. The molecule has 0 spiro atoms. The number of ketones is 1. The molecule has 0 radical (unpaired) electrons. The molecule has 21 heavy (non-hydrogen) atoms. The van der Waals surface area contributed by atoms with Crippen LogP contribution in [0, 0.1) is 0 Å². The zero-order chi connectivity index (χ0) is 15.0. The van der Waals surface area contributed by atoms with Crippen molar-refractivity contribution in [3.8, 4) is 11.5 Å². The summed E-state index contributed by atoms with van der Waals surface area (Å²) in [5.74, 6) is 0.861. The predicted molar refractivity (Wildman–Crippen MR) is 85.0 cm³/mol. The standard InChI is InChI=1S/C15H9BrCl2O3/c16-10-2-1-8(5-12(10)18)15(19)9-6-13-14(7-11(9)17)21-4-3-20-13/h1-2,5-7H,3-4H2. The van der Waals surface area contributed by atoms with Gasteiger partial charge in [-0.2, -0.15) is 0 Å². The molecule has 0 fully saturated rings. The molecular formula is C15H9BrCl2O3. The van der Waals surface area contributed by atoms with Crippen molar-refractivity contribution in [3.05, 3.63) is 56.0 Å². The van der Waals surface area contributed by atoms with E-state index in [-0.39, 0.29) is 5.78 Å². The van der Waals surface area contributed by atoms with Gasteiger partial charge in [-0.3, -0.25) is 4.79 Å². The van der Waals surface area contributed by atoms with Crippen molar-refractivity contribution in [1.82, 2.24) is 0 Å². The quantitative estimate of drug-likeness (QED) is 0.697. The van der Waals surface area contributed by atoms with Gasteiger partial charge < -0.3 is 9.47 Å². The van der Waals surface area contributed by atoms with Crippen LogP contribution in [-0.2, 0) is 0 Å². The highest BCUT2D eigenvalue weighted by atomic mass is 79.9. The molecule has 6 heteroatoms. The SMILES string of the molecule is O=C(c1ccc(Br)c(Cl)c1)c1cc2c(cc1Cl)OCCO2. The number of halogens is 3. The van der Waals surface area contributed by atoms with Gasteiger partial charge >= 0.3 is 0 Å². The second-order valence-corrected chi connectivity index (χ2v) is 6.10. The van der Waals surface area contributed by atoms with Gasteiger partial charge in [-0.1, -0.05) is 23.2 Å². The van der Waals surface area contributed by atoms with Gasteiger partial charge in [0.05, 0.1) is 10.0 Å². The molecule has 0 amide bonds. The highest BCUT2D eigenvalue weighted by Gasteiger charge is 2.20. The first kappa shape index (κ1) is 14.7. The molecule has 0 saturated carbocycles. The molecule has 3 rings (SSSR count). The number of benzene rings is 2. The number of rotatable bonds is 2. The fraction of sp³-hybridized carbons (Fsp3) is 0.133. The largest absolute Gasteiger partial charge is 0.486 e. The minimum absolute atomic E-state index is 0.216. The maximum atomic E-state index is 12.6. The summed E-state index contributed by atoms with van der Waals surface area (Å²) in [6, 6.07) is 8.22. The lowest BCUT2D eigenvalue weighted by Crippen LogP contribution is -2.16. The fourth-order valence-electron chi connectivity index (χ4n) is 2.03. The molecule has 2 aromatic rings. The van der Waals surface area contributed by atoms with E-state index in [0.717, 1.165) is 4.47 Å². The summed E-state index contributed by atoms with van der Waals surface area (Å²) in [6.07, 6.45) is 0. The lowest BCUT2D eigenvalue weighted by Gasteiger charge is -2.19. The zero-order valence-electron chi connectivity index (χ0n) is 10.7. The molecule has 0 N–H and O–H groups in total. The molecule has 0 aromatic heterocycles. The number of carbonyl (C=O) groups excluding carboxylic acids is 1. The summed E-state index contributed by atoms with van der Waals surface area (Å²) in [4.78, 5) is 12.6. The van der Waals surface area contributed by atoms with Crippen LogP contribution >= 0.6 is 39.1 Å². The first-order valence-electron chi connectivity index (χ1n) is 6.15. The van der Waals surface area contributed by atoms with Crippen molar-refractivity contribution in [3.63, 3.8) is 0 Å². The number of ether oxygens (including phenoxy) is 2. The van der Waals surface area contributed by atoms with E-state index in [1.165, 1.54) is 0 Å². The van der Waals surface area contributed by atoms with Gasteiger partial charge in [-0.15, -0.1) is 0 Å². The van der Waals surface area contributed by atoms with Crippen LogP contribution in [0.25, 0.3) is 0 Å². The second kappa shape index (κ2) is 5.87. The van der Waals surface area contributed by atoms with Crippen LogP contribution < -0.4 is 9.47 Å². The first-order valence-corrected chi connectivity index (χ1v) is 7.70. The van der Waals surface area contributed by atoms with Gasteiger partial charge in [0.1, 0.15) is 13.2 Å². The minimum Gasteiger partial charge on any atom is -0.486 e. The van der Waals surface area contributed by atoms with Crippen LogP contribution in [0.5, 0.6) is 11.5 Å². The molecule has 0 bridgehead atoms. The summed E-state index contributed by atoms with van der Waals surface area (Å²) >= 11 is 15.5. The Balaban J connectivity index is 2.03. The van der Waals surface area contributed by atoms with E-state index in [0.29, 0.717) is 45.9 Å². The highest BCUT2D eigenvalue weighted by Crippen LogP contribution is 2.36. The topological polar surface area (TPSA) is 35.5 Å². The Morgan fingerprint density at radius 2 is 1.67 bits per heavy atom. The van der Waals surface area contributed by atoms with Gasteiger partial charge in [-0.25, -0.2) is 0 Å². The Morgan fingerprint density at radius 3 is 2.33 bits per heavy atom. The lowest BCUT2D eigenvalue weighted by atomic mass is 10.0. The molecule has 1 aliphatic heterocycles. The Bertz CT molecular complexity index is 731. The molecule has 0 aliphatic carbocycles. The fourth-order valence-corrected chi connectivity index (χ4v) is 2.70. The average Bonchev–Trinajstić information content (AvgIpc) is 2.48. The molecule has 2 aromatic carbocycles. The number of fused-ring (bicyclic) bond motifs is 1. The van der Waals surface area contributed by atoms with Crippen molar-refractivity contribution in [2.75, 3.05) is 13.2 Å². The number of carbonyl (C=O) groups is 1. The third-order valence-corrected chi connectivity index (χ3v) is 4.60. The van der Waals surface area contributed by atoms with E-state index >= 15 is 0 Å². The van der Waals surface area contributed by atoms with Crippen LogP contribution in [0.1, 0.15) is 15.9 Å². The maximum absolute atomic E-state index is 12.6. The van der Waals surface area contributed by atoms with Crippen LogP contribution in [0.15, 0.2) is 34.8 Å². The molecule has 108 valence electrons. The third kappa shape index (κ3) is 2.89. The second-order valence-electron chi connectivity index (χ2n) is 4.43. The Hall–Kier alpha value is -1.23. The van der Waals surface area contributed by atoms with Gasteiger partial charge in [-0.05, 0) is 40.2 Å². The first-order chi connectivity index (χ1) is 10.1. The van der Waals surface area contributed by atoms with E-state index in [1.54, 1.807) is 30.3 Å². The lowest BCUT2D eigenvalue weighted by molar-refractivity contribution is 0.103. The smallest absolute Gasteiger partial charge is 0.194 e. The van der Waals surface area contributed by atoms with E-state index in [9.17, 15) is 4.79 Å². The van der Waals surface area contributed by atoms with Crippen molar-refractivity contribution in [2.45, 2.75) is 0 Å². The Kier molecular flexibility index (Phi) is 4.11. The maximum Gasteiger partial charge on any atom is 0.194 e. The van der Waals surface area contributed by atoms with Crippen molar-refractivity contribution in [2.24, 2.45) is 0 Å². The van der Waals surface area contributed by atoms with Crippen LogP contribution in [0.4, 0.5) is 0 Å². The molecule has 1 aliphatic rings. The van der Waals surface area contributed by atoms with Gasteiger partial charge in [0, 0.05) is 21.7 Å². The number of hydrogen-bond acceptors (Lipinski definition) is 3. The monoisotopic (exact) mass is 386 g/mol. The molecular weight excluding hydrogens is 379 g/mol. The van der Waals surface area contributed by atoms with E-state index in [2.05, 4.69) is 15.9 Å². The molecule has 3 nitrogen and oxygen atoms in total. The predicted octanol–water partition coefficient (Wildman–Crippen LogP) is 4.76. The van der Waals surface area contributed by atoms with Crippen LogP contribution in [0.2, 0.25) is 10.0 Å². The van der Waals surface area contributed by atoms with Gasteiger partial charge in [0.25, 0.3) is 0 Å². The minimum atomic E-state index is -0.216. The van der Waals surface area contributed by atoms with Crippen molar-refractivity contribution < 1.29 is 14.3 Å². The normalized spacial score (nSPS) is 13.1.